The molecule has 2 bridgehead atoms. The van der Waals surface area contributed by atoms with Crippen LogP contribution in [0.5, 0.6) is 0 Å². The van der Waals surface area contributed by atoms with Crippen molar-refractivity contribution in [1.82, 2.24) is 0 Å². The summed E-state index contributed by atoms with van der Waals surface area (Å²) in [5, 5.41) is 24.7. The molecule has 3 fully saturated rings. The van der Waals surface area contributed by atoms with Crippen LogP contribution in [0.3, 0.4) is 0 Å². The number of Topliss-reactive ketones (excluding diaryl/α,β-unsaturated/α-hetero) is 1. The molecule has 0 aromatic heterocycles. The quantitative estimate of drug-likeness (QED) is 0.221. The van der Waals surface area contributed by atoms with Crippen LogP contribution in [0.25, 0.3) is 0 Å². The summed E-state index contributed by atoms with van der Waals surface area (Å²) in [4.78, 5) is 56.0. The van der Waals surface area contributed by atoms with Crippen LogP contribution in [0.15, 0.2) is 71.8 Å². The first-order valence-electron chi connectivity index (χ1n) is 18.0. The second-order valence-electron chi connectivity index (χ2n) is 15.8. The minimum atomic E-state index is -2.03. The zero-order chi connectivity index (χ0) is 38.0. The van der Waals surface area contributed by atoms with Crippen molar-refractivity contribution in [3.05, 3.63) is 82.9 Å². The Labute approximate surface area is 304 Å². The highest BCUT2D eigenvalue weighted by Crippen LogP contribution is 2.65. The first kappa shape index (κ1) is 37.8. The van der Waals surface area contributed by atoms with Crippen molar-refractivity contribution in [2.45, 2.75) is 109 Å². The van der Waals surface area contributed by atoms with Crippen LogP contribution in [-0.2, 0) is 38.1 Å². The molecule has 6 rings (SSSR count). The van der Waals surface area contributed by atoms with E-state index in [1.54, 1.807) is 71.9 Å². The normalized spacial score (nSPS) is 36.1. The van der Waals surface area contributed by atoms with E-state index in [9.17, 15) is 24.6 Å². The van der Waals surface area contributed by atoms with Crippen LogP contribution in [0.2, 0.25) is 0 Å². The summed E-state index contributed by atoms with van der Waals surface area (Å²) in [7, 11) is 1.49. The molecule has 1 aliphatic heterocycles. The maximum Gasteiger partial charge on any atom is 0.338 e. The Hall–Kier alpha value is -3.90. The Morgan fingerprint density at radius 2 is 1.60 bits per heavy atom. The molecule has 0 radical (unpaired) electrons. The monoisotopic (exact) mass is 718 g/mol. The van der Waals surface area contributed by atoms with E-state index in [-0.39, 0.29) is 30.8 Å². The highest BCUT2D eigenvalue weighted by molar-refractivity contribution is 5.92. The van der Waals surface area contributed by atoms with Crippen LogP contribution in [0.4, 0.5) is 0 Å². The highest BCUT2D eigenvalue weighted by Gasteiger charge is 2.78. The Morgan fingerprint density at radius 3 is 2.15 bits per heavy atom. The number of hydrogen-bond acceptors (Lipinski definition) is 11. The molecule has 2 aromatic rings. The zero-order valence-electron chi connectivity index (χ0n) is 31.1. The van der Waals surface area contributed by atoms with Crippen LogP contribution in [-0.4, -0.2) is 89.3 Å². The molecule has 2 aromatic carbocycles. The molecule has 0 unspecified atom stereocenters. The number of carbonyl (C=O) groups excluding carboxylic acids is 4. The van der Waals surface area contributed by atoms with Gasteiger partial charge in [-0.2, -0.15) is 0 Å². The molecule has 2 saturated carbocycles. The van der Waals surface area contributed by atoms with E-state index in [1.807, 2.05) is 30.3 Å². The molecule has 11 heteroatoms. The lowest BCUT2D eigenvalue weighted by Crippen LogP contribution is -2.81. The molecule has 3 aliphatic carbocycles. The van der Waals surface area contributed by atoms with Gasteiger partial charge in [-0.15, -0.1) is 0 Å². The average molecular weight is 719 g/mol. The molecular weight excluding hydrogens is 668 g/mol. The van der Waals surface area contributed by atoms with Gasteiger partial charge in [0.15, 0.2) is 11.7 Å². The van der Waals surface area contributed by atoms with Crippen LogP contribution in [0, 0.1) is 22.7 Å². The van der Waals surface area contributed by atoms with Gasteiger partial charge in [-0.25, -0.2) is 9.59 Å². The topological polar surface area (TPSA) is 155 Å². The maximum absolute atomic E-state index is 15.3. The fourth-order valence-electron chi connectivity index (χ4n) is 9.94. The van der Waals surface area contributed by atoms with Gasteiger partial charge in [-0.3, -0.25) is 9.59 Å². The summed E-state index contributed by atoms with van der Waals surface area (Å²) in [5.41, 5.74) is -4.20. The first-order valence-corrected chi connectivity index (χ1v) is 18.0. The van der Waals surface area contributed by atoms with Gasteiger partial charge in [-0.05, 0) is 42.7 Å². The number of hydrogen-bond donors (Lipinski definition) is 2. The fourth-order valence-corrected chi connectivity index (χ4v) is 9.94. The zero-order valence-corrected chi connectivity index (χ0v) is 31.1. The second-order valence-corrected chi connectivity index (χ2v) is 15.8. The van der Waals surface area contributed by atoms with Gasteiger partial charge >= 0.3 is 17.9 Å². The number of ketones is 1. The smallest absolute Gasteiger partial charge is 0.338 e. The van der Waals surface area contributed by atoms with Crippen LogP contribution >= 0.6 is 0 Å². The van der Waals surface area contributed by atoms with E-state index >= 15 is 4.79 Å². The standard InChI is InChI=1S/C41H50O11/c1-22(26-15-11-9-12-16-26)32(43)37(46)50-28-20-41(47)35(51-36(45)27-17-13-10-14-18-27)33-39(7,34(44)24(3)31(23(28)2)38(41,5)6)29(48-8)19-30-40(33,21-49-30)52-25(4)42/h9-18,22,24,28-30,32-33,35,43,47H,19-21H2,1-8H3/t22-,24+,28-,29-,30+,32+,33-,35-,39+,40-,41+/m0/s1. The summed E-state index contributed by atoms with van der Waals surface area (Å²) >= 11 is 0. The van der Waals surface area contributed by atoms with Crippen molar-refractivity contribution < 1.29 is 53.1 Å². The number of ether oxygens (including phenoxy) is 5. The van der Waals surface area contributed by atoms with Crippen molar-refractivity contribution in [2.24, 2.45) is 22.7 Å². The van der Waals surface area contributed by atoms with Gasteiger partial charge in [-0.1, -0.05) is 76.2 Å². The number of rotatable bonds is 8. The van der Waals surface area contributed by atoms with Crippen molar-refractivity contribution in [1.29, 1.82) is 0 Å². The summed E-state index contributed by atoms with van der Waals surface area (Å²) < 4.78 is 30.8. The summed E-state index contributed by atoms with van der Waals surface area (Å²) in [6, 6.07) is 17.4. The third-order valence-corrected chi connectivity index (χ3v) is 12.8. The van der Waals surface area contributed by atoms with Crippen molar-refractivity contribution in [2.75, 3.05) is 13.7 Å². The average Bonchev–Trinajstić information content (AvgIpc) is 3.11. The minimum Gasteiger partial charge on any atom is -0.456 e. The van der Waals surface area contributed by atoms with Crippen molar-refractivity contribution >= 4 is 23.7 Å². The van der Waals surface area contributed by atoms with Gasteiger partial charge in [0, 0.05) is 44.1 Å². The predicted octanol–water partition coefficient (Wildman–Crippen LogP) is 4.73. The SMILES string of the molecule is CO[C@H]1C[C@H]2OC[C@@]2(OC(C)=O)[C@H]2[C@H](OC(=O)c3ccccc3)[C@]3(O)C[C@H](OC(=O)[C@H](O)[C@@H](C)c4ccccc4)C(C)=C([C@@H](C)C(=O)[C@]12C)C3(C)C. The second kappa shape index (κ2) is 13.5. The van der Waals surface area contributed by atoms with Gasteiger partial charge in [0.25, 0.3) is 0 Å². The van der Waals surface area contributed by atoms with Crippen LogP contribution in [0.1, 0.15) is 83.1 Å². The number of aliphatic hydroxyl groups is 2. The summed E-state index contributed by atoms with van der Waals surface area (Å²) in [6.07, 6.45) is -5.71. The molecule has 1 saturated heterocycles. The summed E-state index contributed by atoms with van der Waals surface area (Å²) in [5.74, 6) is -5.17. The lowest BCUT2D eigenvalue weighted by Gasteiger charge is -2.68. The molecule has 52 heavy (non-hydrogen) atoms. The molecule has 280 valence electrons. The van der Waals surface area contributed by atoms with Crippen molar-refractivity contribution in [3.63, 3.8) is 0 Å². The fraction of sp³-hybridized carbons (Fsp3) is 0.561. The lowest BCUT2D eigenvalue weighted by molar-refractivity contribution is -0.346. The van der Waals surface area contributed by atoms with E-state index in [1.165, 1.54) is 14.0 Å². The molecule has 4 aliphatic rings. The number of carbonyl (C=O) groups is 4. The predicted molar refractivity (Wildman–Crippen MR) is 188 cm³/mol. The highest BCUT2D eigenvalue weighted by atomic mass is 16.6. The molecule has 2 N–H and O–H groups in total. The Balaban J connectivity index is 1.54. The van der Waals surface area contributed by atoms with Crippen LogP contribution < -0.4 is 0 Å². The summed E-state index contributed by atoms with van der Waals surface area (Å²) in [6.45, 7) is 11.7. The minimum absolute atomic E-state index is 0.102. The van der Waals surface area contributed by atoms with Crippen molar-refractivity contribution in [3.8, 4) is 0 Å². The van der Waals surface area contributed by atoms with Gasteiger partial charge in [0.1, 0.15) is 29.7 Å². The molecule has 11 atom stereocenters. The largest absolute Gasteiger partial charge is 0.456 e. The van der Waals surface area contributed by atoms with Gasteiger partial charge in [0.05, 0.1) is 29.6 Å². The molecule has 11 nitrogen and oxygen atoms in total. The third kappa shape index (κ3) is 5.63. The van der Waals surface area contributed by atoms with Gasteiger partial charge in [0.2, 0.25) is 0 Å². The first-order chi connectivity index (χ1) is 24.5. The number of benzene rings is 2. The Morgan fingerprint density at radius 1 is 0.981 bits per heavy atom. The van der Waals surface area contributed by atoms with E-state index in [4.69, 9.17) is 23.7 Å². The van der Waals surface area contributed by atoms with E-state index in [0.717, 1.165) is 5.56 Å². The molecule has 0 spiro atoms. The number of methoxy groups -OCH3 is 1. The van der Waals surface area contributed by atoms with Gasteiger partial charge < -0.3 is 33.9 Å². The third-order valence-electron chi connectivity index (χ3n) is 12.8. The lowest BCUT2D eigenvalue weighted by atomic mass is 9.43. The number of fused-ring (bicyclic) bond motifs is 5. The van der Waals surface area contributed by atoms with E-state index < -0.39 is 88.2 Å². The van der Waals surface area contributed by atoms with E-state index in [0.29, 0.717) is 11.1 Å². The number of esters is 3. The van der Waals surface area contributed by atoms with E-state index in [2.05, 4.69) is 0 Å². The molecule has 0 amide bonds. The molecular formula is C41H50O11. The molecule has 1 heterocycles. The Bertz CT molecular complexity index is 1750. The Kier molecular flexibility index (Phi) is 9.83. The maximum atomic E-state index is 15.3. The number of aliphatic hydroxyl groups excluding tert-OH is 1.